The summed E-state index contributed by atoms with van der Waals surface area (Å²) in [6, 6.07) is 4.01. The zero-order valence-electron chi connectivity index (χ0n) is 11.8. The van der Waals surface area contributed by atoms with Crippen molar-refractivity contribution in [1.82, 2.24) is 4.90 Å². The van der Waals surface area contributed by atoms with Gasteiger partial charge in [-0.05, 0) is 30.8 Å². The molecule has 0 aliphatic rings. The van der Waals surface area contributed by atoms with Crippen LogP contribution in [0.4, 0.5) is 18.9 Å². The minimum absolute atomic E-state index is 0.147. The van der Waals surface area contributed by atoms with Crippen LogP contribution in [0.3, 0.4) is 0 Å². The van der Waals surface area contributed by atoms with Crippen LogP contribution in [0.1, 0.15) is 25.0 Å². The second-order valence-corrected chi connectivity index (χ2v) is 5.60. The predicted octanol–water partition coefficient (Wildman–Crippen LogP) is 3.86. The van der Waals surface area contributed by atoms with Crippen molar-refractivity contribution in [2.75, 3.05) is 31.1 Å². The maximum Gasteiger partial charge on any atom is 0.416 e. The van der Waals surface area contributed by atoms with Crippen LogP contribution in [-0.4, -0.2) is 30.3 Å². The molecule has 2 N–H and O–H groups in total. The summed E-state index contributed by atoms with van der Waals surface area (Å²) in [4.78, 5) is 2.25. The molecule has 0 unspecified atom stereocenters. The number of anilines is 1. The highest BCUT2D eigenvalue weighted by molar-refractivity contribution is 7.98. The maximum absolute atomic E-state index is 12.9. The number of halogens is 3. The number of rotatable bonds is 7. The molecule has 0 aliphatic carbocycles. The van der Waals surface area contributed by atoms with Crippen molar-refractivity contribution in [2.24, 2.45) is 0 Å². The van der Waals surface area contributed by atoms with Gasteiger partial charge in [0.25, 0.3) is 0 Å². The van der Waals surface area contributed by atoms with Crippen LogP contribution < -0.4 is 5.73 Å². The third kappa shape index (κ3) is 5.25. The lowest BCUT2D eigenvalue weighted by atomic mass is 10.1. The SMILES string of the molecule is CCN(CC)CCSCc1ccc(N)cc1C(F)(F)F. The lowest BCUT2D eigenvalue weighted by molar-refractivity contribution is -0.138. The maximum atomic E-state index is 12.9. The Morgan fingerprint density at radius 1 is 1.20 bits per heavy atom. The fraction of sp³-hybridized carbons (Fsp3) is 0.571. The van der Waals surface area contributed by atoms with Crippen molar-refractivity contribution in [3.8, 4) is 0 Å². The standard InChI is InChI=1S/C14H21F3N2S/c1-3-19(4-2)7-8-20-10-11-5-6-12(18)9-13(11)14(15,16)17/h5-6,9H,3-4,7-8,10,18H2,1-2H3. The van der Waals surface area contributed by atoms with E-state index >= 15 is 0 Å². The van der Waals surface area contributed by atoms with E-state index in [9.17, 15) is 13.2 Å². The van der Waals surface area contributed by atoms with Gasteiger partial charge >= 0.3 is 6.18 Å². The van der Waals surface area contributed by atoms with Gasteiger partial charge in [0.05, 0.1) is 5.56 Å². The van der Waals surface area contributed by atoms with Gasteiger partial charge in [-0.15, -0.1) is 0 Å². The molecule has 0 saturated heterocycles. The average molecular weight is 306 g/mol. The molecular formula is C14H21F3N2S. The number of hydrogen-bond donors (Lipinski definition) is 1. The molecule has 20 heavy (non-hydrogen) atoms. The first-order valence-electron chi connectivity index (χ1n) is 6.64. The second-order valence-electron chi connectivity index (χ2n) is 4.49. The summed E-state index contributed by atoms with van der Waals surface area (Å²) in [5.74, 6) is 1.18. The van der Waals surface area contributed by atoms with Crippen LogP contribution in [0.5, 0.6) is 0 Å². The normalized spacial score (nSPS) is 12.1. The number of alkyl halides is 3. The fourth-order valence-corrected chi connectivity index (χ4v) is 2.90. The number of benzene rings is 1. The molecule has 0 amide bonds. The second kappa shape index (κ2) is 7.78. The van der Waals surface area contributed by atoms with Gasteiger partial charge < -0.3 is 10.6 Å². The Morgan fingerprint density at radius 3 is 2.40 bits per heavy atom. The molecule has 1 aromatic carbocycles. The number of hydrogen-bond acceptors (Lipinski definition) is 3. The zero-order valence-corrected chi connectivity index (χ0v) is 12.7. The number of nitrogen functional groups attached to an aromatic ring is 1. The summed E-state index contributed by atoms with van der Waals surface area (Å²) >= 11 is 1.52. The first kappa shape index (κ1) is 17.2. The summed E-state index contributed by atoms with van der Waals surface area (Å²) in [6.45, 7) is 6.99. The van der Waals surface area contributed by atoms with Crippen molar-refractivity contribution < 1.29 is 13.2 Å². The van der Waals surface area contributed by atoms with E-state index in [0.29, 0.717) is 11.3 Å². The average Bonchev–Trinajstić information content (AvgIpc) is 2.39. The minimum atomic E-state index is -4.34. The minimum Gasteiger partial charge on any atom is -0.399 e. The zero-order chi connectivity index (χ0) is 15.2. The summed E-state index contributed by atoms with van der Waals surface area (Å²) in [5.41, 5.74) is 5.27. The highest BCUT2D eigenvalue weighted by Crippen LogP contribution is 2.34. The molecule has 0 radical (unpaired) electrons. The van der Waals surface area contributed by atoms with Gasteiger partial charge in [0, 0.05) is 23.7 Å². The number of nitrogens with two attached hydrogens (primary N) is 1. The molecule has 114 valence electrons. The van der Waals surface area contributed by atoms with E-state index in [1.807, 2.05) is 0 Å². The molecule has 0 atom stereocenters. The molecule has 6 heteroatoms. The number of thioether (sulfide) groups is 1. The molecule has 0 spiro atoms. The van der Waals surface area contributed by atoms with Gasteiger partial charge in [0.2, 0.25) is 0 Å². The van der Waals surface area contributed by atoms with Crippen molar-refractivity contribution in [3.05, 3.63) is 29.3 Å². The topological polar surface area (TPSA) is 29.3 Å². The molecule has 1 rings (SSSR count). The third-order valence-corrected chi connectivity index (χ3v) is 4.13. The van der Waals surface area contributed by atoms with Gasteiger partial charge in [-0.1, -0.05) is 19.9 Å². The van der Waals surface area contributed by atoms with E-state index in [2.05, 4.69) is 18.7 Å². The van der Waals surface area contributed by atoms with Crippen molar-refractivity contribution in [2.45, 2.75) is 25.8 Å². The Morgan fingerprint density at radius 2 is 1.85 bits per heavy atom. The Labute approximate surface area is 122 Å². The van der Waals surface area contributed by atoms with Crippen LogP contribution in [0.25, 0.3) is 0 Å². The van der Waals surface area contributed by atoms with E-state index in [4.69, 9.17) is 5.73 Å². The van der Waals surface area contributed by atoms with E-state index < -0.39 is 11.7 Å². The molecular weight excluding hydrogens is 285 g/mol. The van der Waals surface area contributed by atoms with Crippen LogP contribution in [-0.2, 0) is 11.9 Å². The van der Waals surface area contributed by atoms with Crippen molar-refractivity contribution in [3.63, 3.8) is 0 Å². The molecule has 0 fully saturated rings. The largest absolute Gasteiger partial charge is 0.416 e. The fourth-order valence-electron chi connectivity index (χ4n) is 1.90. The van der Waals surface area contributed by atoms with Gasteiger partial charge in [-0.3, -0.25) is 0 Å². The van der Waals surface area contributed by atoms with Gasteiger partial charge in [0.1, 0.15) is 0 Å². The first-order chi connectivity index (χ1) is 9.38. The first-order valence-corrected chi connectivity index (χ1v) is 7.79. The van der Waals surface area contributed by atoms with Crippen LogP contribution >= 0.6 is 11.8 Å². The summed E-state index contributed by atoms with van der Waals surface area (Å²) in [7, 11) is 0. The van der Waals surface area contributed by atoms with E-state index in [0.717, 1.165) is 31.5 Å². The van der Waals surface area contributed by atoms with E-state index in [1.54, 1.807) is 0 Å². The lowest BCUT2D eigenvalue weighted by Crippen LogP contribution is -2.25. The summed E-state index contributed by atoms with van der Waals surface area (Å²) in [6.07, 6.45) is -4.34. The highest BCUT2D eigenvalue weighted by atomic mass is 32.2. The van der Waals surface area contributed by atoms with E-state index in [-0.39, 0.29) is 5.69 Å². The Bertz CT molecular complexity index is 417. The Hall–Kier alpha value is -0.880. The van der Waals surface area contributed by atoms with Crippen molar-refractivity contribution in [1.29, 1.82) is 0 Å². The Kier molecular flexibility index (Phi) is 6.68. The summed E-state index contributed by atoms with van der Waals surface area (Å²) < 4.78 is 38.7. The van der Waals surface area contributed by atoms with Gasteiger partial charge in [-0.25, -0.2) is 0 Å². The smallest absolute Gasteiger partial charge is 0.399 e. The van der Waals surface area contributed by atoms with Crippen LogP contribution in [0.2, 0.25) is 0 Å². The Balaban J connectivity index is 2.60. The third-order valence-electron chi connectivity index (χ3n) is 3.14. The molecule has 0 aliphatic heterocycles. The quantitative estimate of drug-likeness (QED) is 0.612. The lowest BCUT2D eigenvalue weighted by Gasteiger charge is -2.18. The molecule has 0 heterocycles. The van der Waals surface area contributed by atoms with Gasteiger partial charge in [-0.2, -0.15) is 24.9 Å². The molecule has 0 bridgehead atoms. The van der Waals surface area contributed by atoms with Gasteiger partial charge in [0.15, 0.2) is 0 Å². The van der Waals surface area contributed by atoms with E-state index in [1.165, 1.54) is 23.9 Å². The van der Waals surface area contributed by atoms with Crippen LogP contribution in [0.15, 0.2) is 18.2 Å². The monoisotopic (exact) mass is 306 g/mol. The molecule has 0 aromatic heterocycles. The van der Waals surface area contributed by atoms with Crippen molar-refractivity contribution >= 4 is 17.4 Å². The number of nitrogens with zero attached hydrogens (tertiary/aromatic N) is 1. The summed E-state index contributed by atoms with van der Waals surface area (Å²) in [5, 5.41) is 0. The molecule has 2 nitrogen and oxygen atoms in total. The molecule has 1 aromatic rings. The van der Waals surface area contributed by atoms with Crippen LogP contribution in [0, 0.1) is 0 Å². The predicted molar refractivity (Wildman–Crippen MR) is 79.8 cm³/mol. The highest BCUT2D eigenvalue weighted by Gasteiger charge is 2.33. The molecule has 0 saturated carbocycles.